The van der Waals surface area contributed by atoms with Crippen molar-refractivity contribution in [3.05, 3.63) is 0 Å². The van der Waals surface area contributed by atoms with Gasteiger partial charge in [-0.05, 0) is 51.4 Å². The van der Waals surface area contributed by atoms with Crippen LogP contribution in [-0.4, -0.2) is 43.4 Å². The fourth-order valence-electron chi connectivity index (χ4n) is 3.55. The Morgan fingerprint density at radius 3 is 2.48 bits per heavy atom. The molecule has 0 aromatic rings. The van der Waals surface area contributed by atoms with Crippen molar-refractivity contribution in [1.29, 1.82) is 0 Å². The Morgan fingerprint density at radius 2 is 1.90 bits per heavy atom. The third-order valence-electron chi connectivity index (χ3n) is 5.43. The summed E-state index contributed by atoms with van der Waals surface area (Å²) in [7, 11) is -3.35. The van der Waals surface area contributed by atoms with Gasteiger partial charge >= 0.3 is 0 Å². The Hall–Kier alpha value is -0.170. The third kappa shape index (κ3) is 3.60. The minimum atomic E-state index is -3.35. The van der Waals surface area contributed by atoms with E-state index in [9.17, 15) is 8.42 Å². The van der Waals surface area contributed by atoms with Crippen LogP contribution in [0.4, 0.5) is 0 Å². The normalized spacial score (nSPS) is 30.0. The molecule has 3 fully saturated rings. The molecule has 1 aliphatic heterocycles. The summed E-state index contributed by atoms with van der Waals surface area (Å²) in [5, 5.41) is 3.50. The molecule has 0 amide bonds. The highest BCUT2D eigenvalue weighted by Crippen LogP contribution is 2.36. The first-order valence-corrected chi connectivity index (χ1v) is 10.0. The lowest BCUT2D eigenvalue weighted by Gasteiger charge is -2.44. The van der Waals surface area contributed by atoms with Crippen LogP contribution in [0.1, 0.15) is 64.7 Å². The summed E-state index contributed by atoms with van der Waals surface area (Å²) in [5.41, 5.74) is -0.162. The first kappa shape index (κ1) is 15.7. The van der Waals surface area contributed by atoms with Crippen molar-refractivity contribution in [2.24, 2.45) is 0 Å². The zero-order chi connectivity index (χ0) is 14.9. The Labute approximate surface area is 129 Å². The highest BCUT2D eigenvalue weighted by atomic mass is 32.2. The zero-order valence-electron chi connectivity index (χ0n) is 13.1. The van der Waals surface area contributed by atoms with Crippen molar-refractivity contribution in [2.75, 3.05) is 13.1 Å². The Balaban J connectivity index is 1.65. The molecule has 1 heterocycles. The highest BCUT2D eigenvalue weighted by Gasteiger charge is 2.42. The lowest BCUT2D eigenvalue weighted by molar-refractivity contribution is 0.194. The van der Waals surface area contributed by atoms with E-state index in [-0.39, 0.29) is 11.6 Å². The maximum atomic E-state index is 12.8. The van der Waals surface area contributed by atoms with Gasteiger partial charge in [-0.15, -0.1) is 0 Å². The molecule has 2 saturated carbocycles. The van der Waals surface area contributed by atoms with Crippen LogP contribution < -0.4 is 10.0 Å². The van der Waals surface area contributed by atoms with E-state index >= 15 is 0 Å². The number of nitrogens with zero attached hydrogens (tertiary/aromatic N) is 1. The molecule has 2 N–H and O–H groups in total. The lowest BCUT2D eigenvalue weighted by Crippen LogP contribution is -2.60. The van der Waals surface area contributed by atoms with Crippen LogP contribution in [0.25, 0.3) is 0 Å². The summed E-state index contributed by atoms with van der Waals surface area (Å²) >= 11 is 0. The monoisotopic (exact) mass is 315 g/mol. The molecule has 1 atom stereocenters. The van der Waals surface area contributed by atoms with E-state index < -0.39 is 10.2 Å². The van der Waals surface area contributed by atoms with Gasteiger partial charge in [0.15, 0.2) is 0 Å². The van der Waals surface area contributed by atoms with Crippen LogP contribution >= 0.6 is 0 Å². The van der Waals surface area contributed by atoms with Crippen LogP contribution in [0.2, 0.25) is 0 Å². The van der Waals surface area contributed by atoms with E-state index in [1.165, 1.54) is 12.8 Å². The second-order valence-electron chi connectivity index (χ2n) is 7.04. The molecule has 0 aromatic heterocycles. The summed E-state index contributed by atoms with van der Waals surface area (Å²) in [4.78, 5) is 0. The molecule has 0 radical (unpaired) electrons. The van der Waals surface area contributed by atoms with E-state index in [1.54, 1.807) is 4.31 Å². The zero-order valence-corrected chi connectivity index (χ0v) is 13.9. The van der Waals surface area contributed by atoms with Crippen LogP contribution in [0, 0.1) is 0 Å². The van der Waals surface area contributed by atoms with E-state index in [1.807, 2.05) is 0 Å². The third-order valence-corrected chi connectivity index (χ3v) is 7.22. The van der Waals surface area contributed by atoms with Crippen molar-refractivity contribution in [3.8, 4) is 0 Å². The predicted octanol–water partition coefficient (Wildman–Crippen LogP) is 1.76. The molecule has 0 aromatic carbocycles. The molecule has 0 bridgehead atoms. The van der Waals surface area contributed by atoms with E-state index in [2.05, 4.69) is 17.0 Å². The number of hydrogen-bond acceptors (Lipinski definition) is 3. The molecule has 6 heteroatoms. The summed E-state index contributed by atoms with van der Waals surface area (Å²) < 4.78 is 30.4. The maximum Gasteiger partial charge on any atom is 0.280 e. The van der Waals surface area contributed by atoms with Crippen LogP contribution in [0.5, 0.6) is 0 Å². The standard InChI is InChI=1S/C15H29N3O2S/c1-2-15(9-5-10-15)17-21(19,20)18-11-4-3-6-14(18)12-16-13-7-8-13/h13-14,16-17H,2-12H2,1H3. The maximum absolute atomic E-state index is 12.8. The van der Waals surface area contributed by atoms with Crippen molar-refractivity contribution < 1.29 is 8.42 Å². The molecule has 1 unspecified atom stereocenters. The van der Waals surface area contributed by atoms with E-state index in [0.29, 0.717) is 12.6 Å². The van der Waals surface area contributed by atoms with E-state index in [0.717, 1.165) is 51.5 Å². The van der Waals surface area contributed by atoms with Gasteiger partial charge in [0, 0.05) is 30.7 Å². The summed E-state index contributed by atoms with van der Waals surface area (Å²) in [5.74, 6) is 0. The van der Waals surface area contributed by atoms with Gasteiger partial charge in [0.2, 0.25) is 0 Å². The van der Waals surface area contributed by atoms with Gasteiger partial charge in [-0.25, -0.2) is 0 Å². The Kier molecular flexibility index (Phi) is 4.60. The molecule has 1 saturated heterocycles. The smallest absolute Gasteiger partial charge is 0.280 e. The topological polar surface area (TPSA) is 61.4 Å². The fraction of sp³-hybridized carbons (Fsp3) is 1.00. The number of rotatable bonds is 7. The predicted molar refractivity (Wildman–Crippen MR) is 84.3 cm³/mol. The number of hydrogen-bond donors (Lipinski definition) is 2. The molecule has 2 aliphatic carbocycles. The fourth-order valence-corrected chi connectivity index (χ4v) is 5.50. The van der Waals surface area contributed by atoms with Gasteiger partial charge in [0.1, 0.15) is 0 Å². The van der Waals surface area contributed by atoms with Crippen LogP contribution in [0.15, 0.2) is 0 Å². The van der Waals surface area contributed by atoms with Gasteiger partial charge in [0.05, 0.1) is 0 Å². The number of nitrogens with one attached hydrogen (secondary N) is 2. The molecule has 5 nitrogen and oxygen atoms in total. The van der Waals surface area contributed by atoms with Gasteiger partial charge < -0.3 is 5.32 Å². The molecule has 122 valence electrons. The highest BCUT2D eigenvalue weighted by molar-refractivity contribution is 7.87. The Bertz CT molecular complexity index is 452. The second kappa shape index (κ2) is 6.14. The Morgan fingerprint density at radius 1 is 1.14 bits per heavy atom. The minimum absolute atomic E-state index is 0.130. The van der Waals surface area contributed by atoms with Gasteiger partial charge in [-0.1, -0.05) is 13.3 Å². The minimum Gasteiger partial charge on any atom is -0.312 e. The van der Waals surface area contributed by atoms with Gasteiger partial charge in [0.25, 0.3) is 10.2 Å². The summed E-state index contributed by atoms with van der Waals surface area (Å²) in [6.45, 7) is 3.57. The average Bonchev–Trinajstić information content (AvgIpc) is 3.25. The lowest BCUT2D eigenvalue weighted by atomic mass is 9.76. The van der Waals surface area contributed by atoms with Gasteiger partial charge in [-0.3, -0.25) is 0 Å². The van der Waals surface area contributed by atoms with Crippen molar-refractivity contribution >= 4 is 10.2 Å². The molecule has 3 rings (SSSR count). The first-order chi connectivity index (χ1) is 10.0. The summed E-state index contributed by atoms with van der Waals surface area (Å²) in [6, 6.07) is 0.767. The molecule has 3 aliphatic rings. The van der Waals surface area contributed by atoms with Crippen molar-refractivity contribution in [2.45, 2.75) is 82.3 Å². The molecule has 21 heavy (non-hydrogen) atoms. The second-order valence-corrected chi connectivity index (χ2v) is 8.66. The number of piperidine rings is 1. The van der Waals surface area contributed by atoms with E-state index in [4.69, 9.17) is 0 Å². The largest absolute Gasteiger partial charge is 0.312 e. The van der Waals surface area contributed by atoms with Crippen LogP contribution in [0.3, 0.4) is 0 Å². The molecule has 0 spiro atoms. The van der Waals surface area contributed by atoms with Crippen molar-refractivity contribution in [3.63, 3.8) is 0 Å². The molecular formula is C15H29N3O2S. The quantitative estimate of drug-likeness (QED) is 0.752. The van der Waals surface area contributed by atoms with Gasteiger partial charge in [-0.2, -0.15) is 17.4 Å². The van der Waals surface area contributed by atoms with Crippen molar-refractivity contribution in [1.82, 2.24) is 14.3 Å². The average molecular weight is 315 g/mol. The first-order valence-electron chi connectivity index (χ1n) is 8.59. The molecular weight excluding hydrogens is 286 g/mol. The SMILES string of the molecule is CCC1(NS(=O)(=O)N2CCCCC2CNC2CC2)CCC1. The van der Waals surface area contributed by atoms with Crippen LogP contribution in [-0.2, 0) is 10.2 Å². The summed E-state index contributed by atoms with van der Waals surface area (Å²) in [6.07, 6.45) is 9.62.